The van der Waals surface area contributed by atoms with E-state index in [1.54, 1.807) is 0 Å². The van der Waals surface area contributed by atoms with Crippen LogP contribution < -0.4 is 10.5 Å². The first-order valence-electron chi connectivity index (χ1n) is 5.47. The second kappa shape index (κ2) is 5.19. The molecule has 0 saturated carbocycles. The standard InChI is InChI=1S/C13H7F6NO/c14-8-2-1-7(5-11(8)20)21-12-9(15)3-6(4-10(12)16)13(17,18)19/h1-5H,20H2. The van der Waals surface area contributed by atoms with Crippen LogP contribution in [0.3, 0.4) is 0 Å². The fourth-order valence-electron chi connectivity index (χ4n) is 1.52. The highest BCUT2D eigenvalue weighted by atomic mass is 19.4. The molecule has 0 unspecified atom stereocenters. The summed E-state index contributed by atoms with van der Waals surface area (Å²) in [5, 5.41) is 0. The molecule has 0 fully saturated rings. The molecule has 0 atom stereocenters. The molecule has 0 bridgehead atoms. The minimum atomic E-state index is -4.89. The number of ether oxygens (including phenoxy) is 1. The smallest absolute Gasteiger partial charge is 0.416 e. The second-order valence-electron chi connectivity index (χ2n) is 4.05. The van der Waals surface area contributed by atoms with E-state index in [1.165, 1.54) is 0 Å². The van der Waals surface area contributed by atoms with Gasteiger partial charge >= 0.3 is 6.18 Å². The van der Waals surface area contributed by atoms with E-state index < -0.39 is 34.9 Å². The Morgan fingerprint density at radius 3 is 1.90 bits per heavy atom. The normalized spacial score (nSPS) is 11.5. The van der Waals surface area contributed by atoms with Crippen molar-refractivity contribution in [3.05, 3.63) is 53.3 Å². The van der Waals surface area contributed by atoms with Crippen LogP contribution in [0.15, 0.2) is 30.3 Å². The first kappa shape index (κ1) is 15.0. The molecule has 2 aromatic carbocycles. The van der Waals surface area contributed by atoms with Crippen LogP contribution in [-0.4, -0.2) is 0 Å². The molecule has 21 heavy (non-hydrogen) atoms. The number of rotatable bonds is 2. The Bertz CT molecular complexity index is 660. The van der Waals surface area contributed by atoms with Crippen LogP contribution >= 0.6 is 0 Å². The Morgan fingerprint density at radius 2 is 1.43 bits per heavy atom. The number of halogens is 6. The largest absolute Gasteiger partial charge is 0.451 e. The van der Waals surface area contributed by atoms with Gasteiger partial charge in [0.2, 0.25) is 0 Å². The molecule has 0 heterocycles. The Kier molecular flexibility index (Phi) is 3.71. The minimum absolute atomic E-state index is 0.102. The van der Waals surface area contributed by atoms with Gasteiger partial charge in [0, 0.05) is 6.07 Å². The van der Waals surface area contributed by atoms with Gasteiger partial charge in [-0.05, 0) is 24.3 Å². The Morgan fingerprint density at radius 1 is 0.857 bits per heavy atom. The van der Waals surface area contributed by atoms with Gasteiger partial charge in [-0.3, -0.25) is 0 Å². The molecule has 2 aromatic rings. The van der Waals surface area contributed by atoms with E-state index in [2.05, 4.69) is 0 Å². The summed E-state index contributed by atoms with van der Waals surface area (Å²) in [5.41, 5.74) is 3.42. The summed E-state index contributed by atoms with van der Waals surface area (Å²) in [6.07, 6.45) is -4.89. The predicted octanol–water partition coefficient (Wildman–Crippen LogP) is 4.50. The Balaban J connectivity index is 2.39. The van der Waals surface area contributed by atoms with E-state index in [-0.39, 0.29) is 23.6 Å². The first-order chi connectivity index (χ1) is 9.68. The molecular formula is C13H7F6NO. The number of hydrogen-bond donors (Lipinski definition) is 1. The number of nitrogens with two attached hydrogens (primary N) is 1. The second-order valence-corrected chi connectivity index (χ2v) is 4.05. The molecule has 0 radical (unpaired) electrons. The van der Waals surface area contributed by atoms with Gasteiger partial charge in [-0.1, -0.05) is 0 Å². The summed E-state index contributed by atoms with van der Waals surface area (Å²) in [7, 11) is 0. The van der Waals surface area contributed by atoms with E-state index >= 15 is 0 Å². The Hall–Kier alpha value is -2.38. The quantitative estimate of drug-likeness (QED) is 0.655. The summed E-state index contributed by atoms with van der Waals surface area (Å²) in [6, 6.07) is 3.08. The topological polar surface area (TPSA) is 35.2 Å². The van der Waals surface area contributed by atoms with Gasteiger partial charge in [-0.2, -0.15) is 13.2 Å². The van der Waals surface area contributed by atoms with Crippen LogP contribution in [0.25, 0.3) is 0 Å². The van der Waals surface area contributed by atoms with Crippen LogP contribution in [0.1, 0.15) is 5.56 Å². The van der Waals surface area contributed by atoms with E-state index in [0.717, 1.165) is 18.2 Å². The SMILES string of the molecule is Nc1cc(Oc2c(F)cc(C(F)(F)F)cc2F)ccc1F. The lowest BCUT2D eigenvalue weighted by molar-refractivity contribution is -0.138. The molecule has 0 spiro atoms. The molecule has 2 rings (SSSR count). The minimum Gasteiger partial charge on any atom is -0.451 e. The third-order valence-corrected chi connectivity index (χ3v) is 2.51. The average molecular weight is 307 g/mol. The molecule has 2 N–H and O–H groups in total. The third-order valence-electron chi connectivity index (χ3n) is 2.51. The van der Waals surface area contributed by atoms with Crippen LogP contribution in [0.4, 0.5) is 32.0 Å². The molecule has 0 saturated heterocycles. The van der Waals surface area contributed by atoms with Crippen molar-refractivity contribution in [2.75, 3.05) is 5.73 Å². The zero-order chi connectivity index (χ0) is 15.8. The molecule has 0 amide bonds. The molecule has 2 nitrogen and oxygen atoms in total. The van der Waals surface area contributed by atoms with Gasteiger partial charge in [0.05, 0.1) is 11.3 Å². The monoisotopic (exact) mass is 307 g/mol. The number of anilines is 1. The maximum atomic E-state index is 13.5. The summed E-state index contributed by atoms with van der Waals surface area (Å²) in [6.45, 7) is 0. The summed E-state index contributed by atoms with van der Waals surface area (Å²) >= 11 is 0. The lowest BCUT2D eigenvalue weighted by atomic mass is 10.2. The van der Waals surface area contributed by atoms with Crippen LogP contribution in [0, 0.1) is 17.5 Å². The lowest BCUT2D eigenvalue weighted by Gasteiger charge is -2.12. The third kappa shape index (κ3) is 3.21. The highest BCUT2D eigenvalue weighted by molar-refractivity contribution is 5.47. The van der Waals surface area contributed by atoms with Crippen molar-refractivity contribution in [2.24, 2.45) is 0 Å². The van der Waals surface area contributed by atoms with Gasteiger partial charge in [-0.15, -0.1) is 0 Å². The number of alkyl halides is 3. The van der Waals surface area contributed by atoms with Gasteiger partial charge in [0.25, 0.3) is 0 Å². The average Bonchev–Trinajstić information content (AvgIpc) is 2.36. The molecular weight excluding hydrogens is 300 g/mol. The van der Waals surface area contributed by atoms with Gasteiger partial charge < -0.3 is 10.5 Å². The van der Waals surface area contributed by atoms with E-state index in [9.17, 15) is 26.3 Å². The number of benzene rings is 2. The fraction of sp³-hybridized carbons (Fsp3) is 0.0769. The van der Waals surface area contributed by atoms with Crippen molar-refractivity contribution < 1.29 is 31.1 Å². The van der Waals surface area contributed by atoms with Gasteiger partial charge in [-0.25, -0.2) is 13.2 Å². The zero-order valence-electron chi connectivity index (χ0n) is 10.1. The molecule has 0 aliphatic carbocycles. The highest BCUT2D eigenvalue weighted by Gasteiger charge is 2.33. The lowest BCUT2D eigenvalue weighted by Crippen LogP contribution is -2.07. The molecule has 8 heteroatoms. The molecule has 0 aliphatic rings. The summed E-state index contributed by atoms with van der Waals surface area (Å²) in [5.74, 6) is -5.09. The van der Waals surface area contributed by atoms with Crippen molar-refractivity contribution in [1.82, 2.24) is 0 Å². The molecule has 0 aliphatic heterocycles. The first-order valence-corrected chi connectivity index (χ1v) is 5.47. The van der Waals surface area contributed by atoms with Crippen LogP contribution in [-0.2, 0) is 6.18 Å². The predicted molar refractivity (Wildman–Crippen MR) is 62.2 cm³/mol. The van der Waals surface area contributed by atoms with E-state index in [4.69, 9.17) is 10.5 Å². The van der Waals surface area contributed by atoms with Crippen LogP contribution in [0.2, 0.25) is 0 Å². The van der Waals surface area contributed by atoms with Crippen LogP contribution in [0.5, 0.6) is 11.5 Å². The van der Waals surface area contributed by atoms with Crippen molar-refractivity contribution in [1.29, 1.82) is 0 Å². The fourth-order valence-corrected chi connectivity index (χ4v) is 1.52. The molecule has 112 valence electrons. The van der Waals surface area contributed by atoms with E-state index in [0.29, 0.717) is 0 Å². The molecule has 0 aromatic heterocycles. The van der Waals surface area contributed by atoms with E-state index in [1.807, 2.05) is 0 Å². The van der Waals surface area contributed by atoms with Gasteiger partial charge in [0.1, 0.15) is 11.6 Å². The maximum absolute atomic E-state index is 13.5. The van der Waals surface area contributed by atoms with Crippen molar-refractivity contribution in [2.45, 2.75) is 6.18 Å². The van der Waals surface area contributed by atoms with Crippen molar-refractivity contribution in [3.8, 4) is 11.5 Å². The maximum Gasteiger partial charge on any atom is 0.416 e. The van der Waals surface area contributed by atoms with Crippen molar-refractivity contribution in [3.63, 3.8) is 0 Å². The van der Waals surface area contributed by atoms with Crippen molar-refractivity contribution >= 4 is 5.69 Å². The number of nitrogen functional groups attached to an aromatic ring is 1. The van der Waals surface area contributed by atoms with Gasteiger partial charge in [0.15, 0.2) is 17.4 Å². The zero-order valence-corrected chi connectivity index (χ0v) is 10.1. The highest BCUT2D eigenvalue weighted by Crippen LogP contribution is 2.35. The summed E-state index contributed by atoms with van der Waals surface area (Å²) in [4.78, 5) is 0. The Labute approximate surface area is 114 Å². The summed E-state index contributed by atoms with van der Waals surface area (Å²) < 4.78 is 81.9. The number of hydrogen-bond acceptors (Lipinski definition) is 2.